The maximum Gasteiger partial charge on any atom is 0.416 e. The first-order valence-corrected chi connectivity index (χ1v) is 11.8. The van der Waals surface area contributed by atoms with Crippen molar-refractivity contribution < 1.29 is 27.6 Å². The molecule has 2 fully saturated rings. The second-order valence-corrected chi connectivity index (χ2v) is 9.74. The van der Waals surface area contributed by atoms with Crippen molar-refractivity contribution in [1.29, 1.82) is 0 Å². The smallest absolute Gasteiger partial charge is 0.351 e. The SMILES string of the molecule is CC1(C(=O)NC2CCCC2)Cn2cnc(C(=O)Nc3cccc(C(F)(F)F)c3)c2C(=O)N1C1CC1. The summed E-state index contributed by atoms with van der Waals surface area (Å²) < 4.78 is 40.6. The summed E-state index contributed by atoms with van der Waals surface area (Å²) in [4.78, 5) is 45.6. The van der Waals surface area contributed by atoms with E-state index in [9.17, 15) is 27.6 Å². The Bertz CT molecular complexity index is 1180. The fourth-order valence-electron chi connectivity index (χ4n) is 5.10. The van der Waals surface area contributed by atoms with Gasteiger partial charge in [0.2, 0.25) is 5.91 Å². The molecular formula is C24H26F3N5O3. The Hall–Kier alpha value is -3.37. The van der Waals surface area contributed by atoms with Crippen molar-refractivity contribution in [2.75, 3.05) is 5.32 Å². The van der Waals surface area contributed by atoms with Crippen LogP contribution in [0.4, 0.5) is 18.9 Å². The molecule has 3 amide bonds. The van der Waals surface area contributed by atoms with Crippen LogP contribution in [0.3, 0.4) is 0 Å². The minimum absolute atomic E-state index is 0.0347. The van der Waals surface area contributed by atoms with Gasteiger partial charge in [0.15, 0.2) is 5.69 Å². The van der Waals surface area contributed by atoms with Gasteiger partial charge >= 0.3 is 6.18 Å². The van der Waals surface area contributed by atoms with Crippen molar-refractivity contribution in [3.05, 3.63) is 47.5 Å². The summed E-state index contributed by atoms with van der Waals surface area (Å²) in [5.74, 6) is -1.49. The number of fused-ring (bicyclic) bond motifs is 1. The second-order valence-electron chi connectivity index (χ2n) is 9.74. The molecule has 2 heterocycles. The lowest BCUT2D eigenvalue weighted by Crippen LogP contribution is -2.65. The number of carbonyl (C=O) groups is 3. The third-order valence-electron chi connectivity index (χ3n) is 7.02. The number of nitrogens with one attached hydrogen (secondary N) is 2. The van der Waals surface area contributed by atoms with Crippen molar-refractivity contribution in [2.24, 2.45) is 0 Å². The summed E-state index contributed by atoms with van der Waals surface area (Å²) in [5.41, 5.74) is -2.25. The topological polar surface area (TPSA) is 96.3 Å². The van der Waals surface area contributed by atoms with Gasteiger partial charge in [-0.3, -0.25) is 14.4 Å². The monoisotopic (exact) mass is 489 g/mol. The number of benzene rings is 1. The lowest BCUT2D eigenvalue weighted by atomic mass is 9.93. The number of hydrogen-bond acceptors (Lipinski definition) is 4. The first-order chi connectivity index (χ1) is 16.6. The van der Waals surface area contributed by atoms with Crippen LogP contribution in [-0.2, 0) is 17.5 Å². The molecular weight excluding hydrogens is 463 g/mol. The molecule has 35 heavy (non-hydrogen) atoms. The molecule has 1 atom stereocenters. The van der Waals surface area contributed by atoms with E-state index >= 15 is 0 Å². The van der Waals surface area contributed by atoms with Crippen molar-refractivity contribution in [1.82, 2.24) is 19.8 Å². The minimum atomic E-state index is -4.56. The Balaban J connectivity index is 1.42. The zero-order valence-corrected chi connectivity index (χ0v) is 19.2. The van der Waals surface area contributed by atoms with Crippen LogP contribution in [0.5, 0.6) is 0 Å². The molecule has 1 aromatic heterocycles. The molecule has 3 aliphatic rings. The number of nitrogens with zero attached hydrogens (tertiary/aromatic N) is 3. The maximum atomic E-state index is 13.6. The largest absolute Gasteiger partial charge is 0.416 e. The van der Waals surface area contributed by atoms with E-state index in [-0.39, 0.29) is 41.6 Å². The Morgan fingerprint density at radius 1 is 1.14 bits per heavy atom. The van der Waals surface area contributed by atoms with Gasteiger partial charge in [0.1, 0.15) is 11.2 Å². The van der Waals surface area contributed by atoms with Gasteiger partial charge in [0, 0.05) is 17.8 Å². The molecule has 1 aliphatic heterocycles. The lowest BCUT2D eigenvalue weighted by molar-refractivity contribution is -0.137. The van der Waals surface area contributed by atoms with E-state index in [1.165, 1.54) is 23.0 Å². The molecule has 2 aromatic rings. The van der Waals surface area contributed by atoms with E-state index in [4.69, 9.17) is 0 Å². The number of halogens is 3. The molecule has 0 spiro atoms. The molecule has 1 unspecified atom stereocenters. The van der Waals surface area contributed by atoms with Crippen molar-refractivity contribution in [2.45, 2.75) is 75.8 Å². The predicted octanol–water partition coefficient (Wildman–Crippen LogP) is 3.59. The fraction of sp³-hybridized carbons (Fsp3) is 0.500. The van der Waals surface area contributed by atoms with Crippen LogP contribution < -0.4 is 10.6 Å². The van der Waals surface area contributed by atoms with Crippen LogP contribution >= 0.6 is 0 Å². The number of amides is 3. The van der Waals surface area contributed by atoms with Gasteiger partial charge in [-0.25, -0.2) is 4.98 Å². The Labute approximate surface area is 199 Å². The van der Waals surface area contributed by atoms with Gasteiger partial charge in [-0.05, 0) is 50.8 Å². The average Bonchev–Trinajstić information content (AvgIpc) is 3.30. The Morgan fingerprint density at radius 2 is 1.86 bits per heavy atom. The first kappa shape index (κ1) is 23.4. The van der Waals surface area contributed by atoms with Crippen molar-refractivity contribution in [3.63, 3.8) is 0 Å². The summed E-state index contributed by atoms with van der Waals surface area (Å²) in [5, 5.41) is 5.51. The van der Waals surface area contributed by atoms with Gasteiger partial charge < -0.3 is 20.1 Å². The van der Waals surface area contributed by atoms with E-state index in [1.54, 1.807) is 11.8 Å². The van der Waals surface area contributed by atoms with Gasteiger partial charge in [-0.15, -0.1) is 0 Å². The highest BCUT2D eigenvalue weighted by molar-refractivity contribution is 6.11. The predicted molar refractivity (Wildman–Crippen MR) is 120 cm³/mol. The summed E-state index contributed by atoms with van der Waals surface area (Å²) >= 11 is 0. The maximum absolute atomic E-state index is 13.6. The first-order valence-electron chi connectivity index (χ1n) is 11.8. The summed E-state index contributed by atoms with van der Waals surface area (Å²) in [6.07, 6.45) is 2.24. The van der Waals surface area contributed by atoms with Crippen LogP contribution in [0.25, 0.3) is 0 Å². The highest BCUT2D eigenvalue weighted by Crippen LogP contribution is 2.39. The van der Waals surface area contributed by atoms with E-state index in [2.05, 4.69) is 15.6 Å². The highest BCUT2D eigenvalue weighted by Gasteiger charge is 2.54. The molecule has 8 nitrogen and oxygen atoms in total. The molecule has 0 radical (unpaired) electrons. The zero-order chi connectivity index (χ0) is 25.0. The minimum Gasteiger partial charge on any atom is -0.351 e. The van der Waals surface area contributed by atoms with Gasteiger partial charge in [-0.1, -0.05) is 18.9 Å². The normalized spacial score (nSPS) is 22.7. The quantitative estimate of drug-likeness (QED) is 0.671. The molecule has 1 aromatic carbocycles. The number of hydrogen-bond donors (Lipinski definition) is 2. The number of carbonyl (C=O) groups excluding carboxylic acids is 3. The van der Waals surface area contributed by atoms with E-state index in [0.717, 1.165) is 50.7 Å². The number of alkyl halides is 3. The zero-order valence-electron chi connectivity index (χ0n) is 19.2. The van der Waals surface area contributed by atoms with Crippen LogP contribution in [0.1, 0.15) is 72.0 Å². The van der Waals surface area contributed by atoms with Crippen LogP contribution in [0.15, 0.2) is 30.6 Å². The number of aromatic nitrogens is 2. The molecule has 5 rings (SSSR count). The average molecular weight is 489 g/mol. The Kier molecular flexibility index (Phi) is 5.60. The summed E-state index contributed by atoms with van der Waals surface area (Å²) in [7, 11) is 0. The molecule has 11 heteroatoms. The molecule has 186 valence electrons. The van der Waals surface area contributed by atoms with Gasteiger partial charge in [-0.2, -0.15) is 13.2 Å². The molecule has 0 saturated heterocycles. The van der Waals surface area contributed by atoms with Crippen molar-refractivity contribution in [3.8, 4) is 0 Å². The van der Waals surface area contributed by atoms with Gasteiger partial charge in [0.25, 0.3) is 11.8 Å². The molecule has 2 saturated carbocycles. The Morgan fingerprint density at radius 3 is 2.51 bits per heavy atom. The fourth-order valence-corrected chi connectivity index (χ4v) is 5.10. The van der Waals surface area contributed by atoms with E-state index < -0.39 is 29.1 Å². The van der Waals surface area contributed by atoms with Crippen LogP contribution in [0.2, 0.25) is 0 Å². The third kappa shape index (κ3) is 4.28. The number of imidazole rings is 1. The molecule has 0 bridgehead atoms. The van der Waals surface area contributed by atoms with Gasteiger partial charge in [0.05, 0.1) is 18.4 Å². The molecule has 2 N–H and O–H groups in total. The van der Waals surface area contributed by atoms with E-state index in [1.807, 2.05) is 0 Å². The van der Waals surface area contributed by atoms with Crippen LogP contribution in [0, 0.1) is 0 Å². The summed E-state index contributed by atoms with van der Waals surface area (Å²) in [6, 6.07) is 4.23. The summed E-state index contributed by atoms with van der Waals surface area (Å²) in [6.45, 7) is 1.87. The van der Waals surface area contributed by atoms with Crippen molar-refractivity contribution >= 4 is 23.4 Å². The van der Waals surface area contributed by atoms with E-state index in [0.29, 0.717) is 0 Å². The van der Waals surface area contributed by atoms with Crippen LogP contribution in [-0.4, -0.2) is 49.8 Å². The highest BCUT2D eigenvalue weighted by atomic mass is 19.4. The lowest BCUT2D eigenvalue weighted by Gasteiger charge is -2.44. The number of rotatable bonds is 5. The number of anilines is 1. The molecule has 2 aliphatic carbocycles. The standard InChI is InChI=1S/C24H26F3N5O3/c1-23(22(35)30-15-6-2-3-7-15)12-31-13-28-18(19(31)21(34)32(23)17-9-10-17)20(33)29-16-8-4-5-14(11-16)24(25,26)27/h4-5,8,11,13,15,17H,2-3,6-7,9-10,12H2,1H3,(H,29,33)(H,30,35). The third-order valence-corrected chi connectivity index (χ3v) is 7.02. The second kappa shape index (κ2) is 8.39.